The molecule has 0 aliphatic heterocycles. The van der Waals surface area contributed by atoms with E-state index in [4.69, 9.17) is 5.11 Å². The van der Waals surface area contributed by atoms with E-state index in [1.54, 1.807) is 0 Å². The maximum absolute atomic E-state index is 9.58. The van der Waals surface area contributed by atoms with Gasteiger partial charge in [0.15, 0.2) is 0 Å². The van der Waals surface area contributed by atoms with E-state index in [1.807, 2.05) is 0 Å². The number of hydrogen-bond acceptors (Lipinski definition) is 4. The quantitative estimate of drug-likeness (QED) is 0.416. The molecule has 0 aromatic rings. The van der Waals surface area contributed by atoms with Crippen molar-refractivity contribution >= 4 is 8.25 Å². The van der Waals surface area contributed by atoms with Gasteiger partial charge in [-0.3, -0.25) is 0 Å². The maximum atomic E-state index is 9.58. The van der Waals surface area contributed by atoms with Gasteiger partial charge in [-0.15, -0.1) is 4.52 Å². The summed E-state index contributed by atoms with van der Waals surface area (Å²) in [6.07, 6.45) is 2.20. The zero-order valence-electron chi connectivity index (χ0n) is 7.40. The van der Waals surface area contributed by atoms with E-state index in [9.17, 15) is 9.46 Å². The molecular formula is C7H15O4P. The molecule has 0 aromatic heterocycles. The van der Waals surface area contributed by atoms with Gasteiger partial charge in [-0.1, -0.05) is 33.3 Å². The molecule has 0 radical (unpaired) electrons. The molecule has 0 aliphatic carbocycles. The van der Waals surface area contributed by atoms with E-state index in [0.717, 1.165) is 6.08 Å². The van der Waals surface area contributed by atoms with E-state index in [-0.39, 0.29) is 0 Å². The second-order valence-corrected chi connectivity index (χ2v) is 2.61. The molecule has 0 bridgehead atoms. The Balaban J connectivity index is 0. The van der Waals surface area contributed by atoms with Gasteiger partial charge in [-0.25, -0.2) is 0 Å². The van der Waals surface area contributed by atoms with E-state index in [1.165, 1.54) is 12.8 Å². The Morgan fingerprint density at radius 3 is 2.17 bits per heavy atom. The third-order valence-electron chi connectivity index (χ3n) is 0.896. The van der Waals surface area contributed by atoms with Crippen molar-refractivity contribution in [2.45, 2.75) is 33.0 Å². The van der Waals surface area contributed by atoms with E-state index in [0.29, 0.717) is 0 Å². The summed E-state index contributed by atoms with van der Waals surface area (Å²) < 4.78 is 13.4. The summed E-state index contributed by atoms with van der Waals surface area (Å²) in [6, 6.07) is 0. The smallest absolute Gasteiger partial charge is 0.491 e. The maximum Gasteiger partial charge on any atom is 0.491 e. The molecule has 0 aliphatic rings. The molecule has 12 heavy (non-hydrogen) atoms. The standard InChI is InChI=1S/C4H10.C3H5O4P/c1-3-4-2;1-2-3(4)7-8(5)6/h3-4H2,1-2H3;2-4H,1H2. The number of aliphatic hydroxyl groups excluding tert-OH is 1. The largest absolute Gasteiger partial charge is 0.566 e. The molecule has 0 rings (SSSR count). The highest BCUT2D eigenvalue weighted by Gasteiger charge is 2.07. The van der Waals surface area contributed by atoms with E-state index >= 15 is 0 Å². The molecule has 72 valence electrons. The first kappa shape index (κ1) is 14.3. The lowest BCUT2D eigenvalue weighted by molar-refractivity contribution is -0.196. The molecule has 0 saturated heterocycles. The predicted molar refractivity (Wildman–Crippen MR) is 45.5 cm³/mol. The zero-order chi connectivity index (χ0) is 9.98. The molecule has 0 saturated carbocycles. The molecule has 4 nitrogen and oxygen atoms in total. The minimum Gasteiger partial charge on any atom is -0.566 e. The summed E-state index contributed by atoms with van der Waals surface area (Å²) in [5.74, 6) is 0. The molecule has 0 amide bonds. The van der Waals surface area contributed by atoms with Crippen molar-refractivity contribution in [3.63, 3.8) is 0 Å². The summed E-state index contributed by atoms with van der Waals surface area (Å²) in [6.45, 7) is 7.43. The number of rotatable bonds is 4. The van der Waals surface area contributed by atoms with Crippen molar-refractivity contribution in [2.24, 2.45) is 0 Å². The normalized spacial score (nSPS) is 12.5. The van der Waals surface area contributed by atoms with Crippen molar-refractivity contribution in [2.75, 3.05) is 0 Å². The molecule has 5 heteroatoms. The first-order chi connectivity index (χ1) is 5.58. The molecule has 2 atom stereocenters. The van der Waals surface area contributed by atoms with Gasteiger partial charge in [0.1, 0.15) is 0 Å². The van der Waals surface area contributed by atoms with Gasteiger partial charge in [0.25, 0.3) is 0 Å². The average Bonchev–Trinajstić information content (AvgIpc) is 2.04. The topological polar surface area (TPSA) is 69.6 Å². The fourth-order valence-electron chi connectivity index (χ4n) is 0.131. The van der Waals surface area contributed by atoms with Gasteiger partial charge in [0.05, 0.1) is 0 Å². The van der Waals surface area contributed by atoms with Crippen LogP contribution in [-0.4, -0.2) is 11.4 Å². The molecule has 1 N–H and O–H groups in total. The SMILES string of the molecule is C=CC(O)O[P+](=O)[O-].CCCC. The van der Waals surface area contributed by atoms with Crippen LogP contribution in [0.4, 0.5) is 0 Å². The van der Waals surface area contributed by atoms with Crippen molar-refractivity contribution in [1.82, 2.24) is 0 Å². The highest BCUT2D eigenvalue weighted by Crippen LogP contribution is 2.11. The number of unbranched alkanes of at least 4 members (excludes halogenated alkanes) is 1. The van der Waals surface area contributed by atoms with Crippen LogP contribution in [-0.2, 0) is 9.09 Å². The molecular weight excluding hydrogens is 179 g/mol. The molecule has 0 heterocycles. The summed E-state index contributed by atoms with van der Waals surface area (Å²) in [5.41, 5.74) is 0. The van der Waals surface area contributed by atoms with Crippen LogP contribution < -0.4 is 4.89 Å². The summed E-state index contributed by atoms with van der Waals surface area (Å²) >= 11 is 0. The molecule has 0 aromatic carbocycles. The Morgan fingerprint density at radius 1 is 1.67 bits per heavy atom. The molecule has 2 unspecified atom stereocenters. The van der Waals surface area contributed by atoms with Crippen LogP contribution in [0.25, 0.3) is 0 Å². The van der Waals surface area contributed by atoms with Gasteiger partial charge in [0, 0.05) is 0 Å². The Morgan fingerprint density at radius 2 is 2.08 bits per heavy atom. The van der Waals surface area contributed by atoms with Crippen molar-refractivity contribution in [3.05, 3.63) is 12.7 Å². The van der Waals surface area contributed by atoms with Crippen LogP contribution >= 0.6 is 8.25 Å². The number of aliphatic hydroxyl groups is 1. The highest BCUT2D eigenvalue weighted by molar-refractivity contribution is 7.30. The van der Waals surface area contributed by atoms with Gasteiger partial charge in [-0.05, 0) is 10.6 Å². The van der Waals surface area contributed by atoms with E-state index in [2.05, 4.69) is 25.0 Å². The fraction of sp³-hybridized carbons (Fsp3) is 0.714. The van der Waals surface area contributed by atoms with Crippen LogP contribution in [0, 0.1) is 0 Å². The minimum absolute atomic E-state index is 0.963. The first-order valence-electron chi connectivity index (χ1n) is 3.70. The predicted octanol–water partition coefficient (Wildman–Crippen LogP) is 1.33. The molecule has 0 fully saturated rings. The minimum atomic E-state index is -2.97. The second-order valence-electron chi connectivity index (χ2n) is 1.96. The van der Waals surface area contributed by atoms with Crippen LogP contribution in [0.3, 0.4) is 0 Å². The summed E-state index contributed by atoms with van der Waals surface area (Å²) in [7, 11) is -2.97. The highest BCUT2D eigenvalue weighted by atomic mass is 31.1. The molecule has 0 spiro atoms. The van der Waals surface area contributed by atoms with Gasteiger partial charge >= 0.3 is 8.25 Å². The van der Waals surface area contributed by atoms with Crippen LogP contribution in [0.1, 0.15) is 26.7 Å². The Kier molecular flexibility index (Phi) is 12.7. The summed E-state index contributed by atoms with van der Waals surface area (Å²) in [4.78, 5) is 9.58. The van der Waals surface area contributed by atoms with Crippen molar-refractivity contribution in [3.8, 4) is 0 Å². The third kappa shape index (κ3) is 16.4. The fourth-order valence-corrected chi connectivity index (χ4v) is 0.394. The van der Waals surface area contributed by atoms with Crippen molar-refractivity contribution < 1.29 is 19.1 Å². The van der Waals surface area contributed by atoms with Gasteiger partial charge in [-0.2, -0.15) is 0 Å². The average molecular weight is 194 g/mol. The van der Waals surface area contributed by atoms with Gasteiger partial charge in [0.2, 0.25) is 6.29 Å². The second kappa shape index (κ2) is 10.7. The van der Waals surface area contributed by atoms with Crippen molar-refractivity contribution in [1.29, 1.82) is 0 Å². The Hall–Kier alpha value is -0.280. The Bertz CT molecular complexity index is 125. The van der Waals surface area contributed by atoms with E-state index < -0.39 is 14.5 Å². The third-order valence-corrected chi connectivity index (χ3v) is 1.28. The lowest BCUT2D eigenvalue weighted by Crippen LogP contribution is -2.05. The number of hydrogen-bond donors (Lipinski definition) is 1. The van der Waals surface area contributed by atoms with Gasteiger partial charge < -0.3 is 10.00 Å². The zero-order valence-corrected chi connectivity index (χ0v) is 8.29. The monoisotopic (exact) mass is 194 g/mol. The Labute approximate surface area is 73.8 Å². The van der Waals surface area contributed by atoms with Crippen LogP contribution in [0.2, 0.25) is 0 Å². The van der Waals surface area contributed by atoms with Crippen LogP contribution in [0.15, 0.2) is 12.7 Å². The summed E-state index contributed by atoms with van der Waals surface area (Å²) in [5, 5.41) is 8.30. The lowest BCUT2D eigenvalue weighted by Gasteiger charge is -1.93. The lowest BCUT2D eigenvalue weighted by atomic mass is 10.4. The first-order valence-corrected chi connectivity index (χ1v) is 4.79. The van der Waals surface area contributed by atoms with Crippen LogP contribution in [0.5, 0.6) is 0 Å².